The smallest absolute Gasteiger partial charge is 0.406 e. The fraction of sp³-hybridized carbons (Fsp3) is 0.409. The van der Waals surface area contributed by atoms with Gasteiger partial charge in [0.15, 0.2) is 0 Å². The van der Waals surface area contributed by atoms with Crippen LogP contribution in [0.5, 0.6) is 5.75 Å². The molecule has 0 saturated carbocycles. The molecule has 0 radical (unpaired) electrons. The molecule has 1 amide bonds. The third-order valence-electron chi connectivity index (χ3n) is 5.21. The molecule has 1 fully saturated rings. The van der Waals surface area contributed by atoms with Gasteiger partial charge in [-0.2, -0.15) is 0 Å². The van der Waals surface area contributed by atoms with E-state index in [-0.39, 0.29) is 24.0 Å². The van der Waals surface area contributed by atoms with Gasteiger partial charge in [0.1, 0.15) is 5.75 Å². The lowest BCUT2D eigenvalue weighted by atomic mass is 9.99. The van der Waals surface area contributed by atoms with E-state index in [0.717, 1.165) is 17.7 Å². The van der Waals surface area contributed by atoms with Crippen LogP contribution in [0.4, 0.5) is 18.9 Å². The van der Waals surface area contributed by atoms with Crippen LogP contribution < -0.4 is 10.1 Å². The largest absolute Gasteiger partial charge is 0.573 e. The third kappa shape index (κ3) is 7.23. The second-order valence-electron chi connectivity index (χ2n) is 7.66. The number of carbonyl (C=O) groups is 1. The highest BCUT2D eigenvalue weighted by Crippen LogP contribution is 2.25. The number of rotatable bonds is 8. The van der Waals surface area contributed by atoms with Gasteiger partial charge in [0.2, 0.25) is 15.9 Å². The van der Waals surface area contributed by atoms with Crippen molar-refractivity contribution in [1.29, 1.82) is 0 Å². The molecule has 0 spiro atoms. The Morgan fingerprint density at radius 2 is 1.78 bits per heavy atom. The maximum Gasteiger partial charge on any atom is 0.573 e. The monoisotopic (exact) mass is 470 g/mol. The lowest BCUT2D eigenvalue weighted by Crippen LogP contribution is -2.44. The van der Waals surface area contributed by atoms with E-state index in [0.29, 0.717) is 37.9 Å². The van der Waals surface area contributed by atoms with Gasteiger partial charge in [-0.3, -0.25) is 4.79 Å². The van der Waals surface area contributed by atoms with E-state index in [2.05, 4.69) is 10.1 Å². The molecule has 1 heterocycles. The number of ether oxygens (including phenoxy) is 1. The highest BCUT2D eigenvalue weighted by atomic mass is 32.2. The van der Waals surface area contributed by atoms with E-state index in [1.165, 1.54) is 16.4 Å². The van der Waals surface area contributed by atoms with Gasteiger partial charge in [-0.05, 0) is 55.5 Å². The van der Waals surface area contributed by atoms with Gasteiger partial charge in [0.05, 0.1) is 11.7 Å². The number of hydrogen-bond acceptors (Lipinski definition) is 4. The van der Waals surface area contributed by atoms with E-state index in [4.69, 9.17) is 0 Å². The Balaban J connectivity index is 1.52. The molecule has 1 saturated heterocycles. The number of aryl methyl sites for hydroxylation is 1. The van der Waals surface area contributed by atoms with Crippen LogP contribution in [0.25, 0.3) is 0 Å². The molecular formula is C22H25F3N2O4S. The Morgan fingerprint density at radius 3 is 2.44 bits per heavy atom. The molecule has 1 aliphatic rings. The predicted molar refractivity (Wildman–Crippen MR) is 115 cm³/mol. The third-order valence-corrected chi connectivity index (χ3v) is 7.14. The average Bonchev–Trinajstić information content (AvgIpc) is 2.75. The summed E-state index contributed by atoms with van der Waals surface area (Å²) in [6.45, 7) is 0.468. The quantitative estimate of drug-likeness (QED) is 0.628. The van der Waals surface area contributed by atoms with Crippen molar-refractivity contribution in [2.24, 2.45) is 5.92 Å². The second-order valence-corrected chi connectivity index (χ2v) is 9.75. The number of sulfonamides is 1. The fourth-order valence-corrected chi connectivity index (χ4v) is 5.21. The zero-order valence-electron chi connectivity index (χ0n) is 17.3. The summed E-state index contributed by atoms with van der Waals surface area (Å²) < 4.78 is 67.4. The summed E-state index contributed by atoms with van der Waals surface area (Å²) in [6.07, 6.45) is -2.54. The molecule has 10 heteroatoms. The van der Waals surface area contributed by atoms with Crippen LogP contribution in [0.2, 0.25) is 0 Å². The molecule has 0 bridgehead atoms. The molecule has 1 atom stereocenters. The van der Waals surface area contributed by atoms with Crippen molar-refractivity contribution in [1.82, 2.24) is 4.31 Å². The minimum atomic E-state index is -4.79. The van der Waals surface area contributed by atoms with Crippen LogP contribution in [0.15, 0.2) is 54.6 Å². The molecule has 1 N–H and O–H groups in total. The number of halogens is 3. The van der Waals surface area contributed by atoms with E-state index in [1.54, 1.807) is 0 Å². The van der Waals surface area contributed by atoms with Crippen LogP contribution >= 0.6 is 0 Å². The minimum Gasteiger partial charge on any atom is -0.406 e. The Kier molecular flexibility index (Phi) is 7.78. The van der Waals surface area contributed by atoms with E-state index < -0.39 is 22.3 Å². The molecule has 174 valence electrons. The lowest BCUT2D eigenvalue weighted by Gasteiger charge is -2.31. The first-order valence-electron chi connectivity index (χ1n) is 10.3. The van der Waals surface area contributed by atoms with Gasteiger partial charge in [0, 0.05) is 18.8 Å². The summed E-state index contributed by atoms with van der Waals surface area (Å²) in [4.78, 5) is 12.6. The summed E-state index contributed by atoms with van der Waals surface area (Å²) in [5, 5.41) is 2.64. The number of anilines is 1. The number of nitrogens with zero attached hydrogens (tertiary/aromatic N) is 1. The van der Waals surface area contributed by atoms with Gasteiger partial charge in [-0.15, -0.1) is 13.2 Å². The number of hydrogen-bond donors (Lipinski definition) is 1. The Hall–Kier alpha value is -2.59. The van der Waals surface area contributed by atoms with E-state index >= 15 is 0 Å². The maximum absolute atomic E-state index is 12.7. The molecular weight excluding hydrogens is 445 g/mol. The second kappa shape index (κ2) is 10.4. The molecule has 32 heavy (non-hydrogen) atoms. The van der Waals surface area contributed by atoms with Crippen molar-refractivity contribution in [3.05, 3.63) is 60.2 Å². The van der Waals surface area contributed by atoms with Crippen molar-refractivity contribution in [2.45, 2.75) is 32.0 Å². The Labute approximate surface area is 185 Å². The summed E-state index contributed by atoms with van der Waals surface area (Å²) in [5.74, 6) is -1.27. The SMILES string of the molecule is O=C(Nc1ccc(OC(F)(F)F)cc1)C1CCCN(S(=O)(=O)CCCc2ccccc2)C1. The highest BCUT2D eigenvalue weighted by Gasteiger charge is 2.33. The van der Waals surface area contributed by atoms with Crippen molar-refractivity contribution in [3.8, 4) is 5.75 Å². The van der Waals surface area contributed by atoms with Crippen molar-refractivity contribution >= 4 is 21.6 Å². The minimum absolute atomic E-state index is 0.0108. The first-order chi connectivity index (χ1) is 15.1. The summed E-state index contributed by atoms with van der Waals surface area (Å²) in [6, 6.07) is 14.5. The van der Waals surface area contributed by atoms with Gasteiger partial charge < -0.3 is 10.1 Å². The zero-order valence-corrected chi connectivity index (χ0v) is 18.2. The summed E-state index contributed by atoms with van der Waals surface area (Å²) >= 11 is 0. The number of amides is 1. The Bertz CT molecular complexity index is 996. The Morgan fingerprint density at radius 1 is 1.09 bits per heavy atom. The van der Waals surface area contributed by atoms with Gasteiger partial charge >= 0.3 is 6.36 Å². The number of benzene rings is 2. The summed E-state index contributed by atoms with van der Waals surface area (Å²) in [7, 11) is -3.49. The number of nitrogens with one attached hydrogen (secondary N) is 1. The number of piperidine rings is 1. The highest BCUT2D eigenvalue weighted by molar-refractivity contribution is 7.89. The van der Waals surface area contributed by atoms with E-state index in [1.807, 2.05) is 30.3 Å². The van der Waals surface area contributed by atoms with Gasteiger partial charge in [0.25, 0.3) is 0 Å². The number of alkyl halides is 3. The molecule has 1 unspecified atom stereocenters. The summed E-state index contributed by atoms with van der Waals surface area (Å²) in [5.41, 5.74) is 1.39. The van der Waals surface area contributed by atoms with Crippen molar-refractivity contribution in [3.63, 3.8) is 0 Å². The molecule has 3 rings (SSSR count). The van der Waals surface area contributed by atoms with Crippen LogP contribution in [-0.2, 0) is 21.2 Å². The van der Waals surface area contributed by atoms with Crippen LogP contribution in [0.1, 0.15) is 24.8 Å². The maximum atomic E-state index is 12.7. The lowest BCUT2D eigenvalue weighted by molar-refractivity contribution is -0.274. The van der Waals surface area contributed by atoms with E-state index in [9.17, 15) is 26.4 Å². The normalized spacial score (nSPS) is 17.7. The van der Waals surface area contributed by atoms with Crippen LogP contribution in [-0.4, -0.2) is 43.8 Å². The molecule has 6 nitrogen and oxygen atoms in total. The van der Waals surface area contributed by atoms with Crippen molar-refractivity contribution < 1.29 is 31.1 Å². The molecule has 0 aliphatic carbocycles. The number of carbonyl (C=O) groups excluding carboxylic acids is 1. The first kappa shape index (κ1) is 24.1. The fourth-order valence-electron chi connectivity index (χ4n) is 3.63. The van der Waals surface area contributed by atoms with Crippen LogP contribution in [0, 0.1) is 5.92 Å². The topological polar surface area (TPSA) is 75.7 Å². The molecule has 1 aliphatic heterocycles. The molecule has 0 aromatic heterocycles. The molecule has 2 aromatic carbocycles. The first-order valence-corrected chi connectivity index (χ1v) is 11.9. The average molecular weight is 471 g/mol. The standard InChI is InChI=1S/C22H25F3N2O4S/c23-22(24,25)31-20-12-10-19(11-13-20)26-21(28)18-9-4-14-27(16-18)32(29,30)15-5-8-17-6-2-1-3-7-17/h1-3,6-7,10-13,18H,4-5,8-9,14-16H2,(H,26,28). The van der Waals surface area contributed by atoms with Crippen LogP contribution in [0.3, 0.4) is 0 Å². The van der Waals surface area contributed by atoms with Gasteiger partial charge in [-0.1, -0.05) is 30.3 Å². The van der Waals surface area contributed by atoms with Crippen molar-refractivity contribution in [2.75, 3.05) is 24.2 Å². The predicted octanol–water partition coefficient (Wildman–Crippen LogP) is 4.20. The van der Waals surface area contributed by atoms with Gasteiger partial charge in [-0.25, -0.2) is 12.7 Å². The zero-order chi connectivity index (χ0) is 23.2. The molecule has 2 aromatic rings.